The normalized spacial score (nSPS) is 17.1. The molecule has 3 aromatic rings. The number of anilines is 2. The molecule has 2 heterocycles. The van der Waals surface area contributed by atoms with E-state index < -0.39 is 10.3 Å². The molecule has 0 aliphatic heterocycles. The fourth-order valence-electron chi connectivity index (χ4n) is 3.98. The van der Waals surface area contributed by atoms with E-state index in [2.05, 4.69) is 21.3 Å². The first-order valence-corrected chi connectivity index (χ1v) is 12.0. The summed E-state index contributed by atoms with van der Waals surface area (Å²) < 4.78 is 1.50. The topological polar surface area (TPSA) is 75.9 Å². The summed E-state index contributed by atoms with van der Waals surface area (Å²) in [6.07, 6.45) is 15.7. The Morgan fingerprint density at radius 1 is 1.16 bits per heavy atom. The molecule has 6 nitrogen and oxygen atoms in total. The summed E-state index contributed by atoms with van der Waals surface area (Å²) >= 11 is 1.55. The van der Waals surface area contributed by atoms with Crippen molar-refractivity contribution < 1.29 is 5.11 Å². The van der Waals surface area contributed by atoms with Gasteiger partial charge in [0.15, 0.2) is 5.65 Å². The zero-order chi connectivity index (χ0) is 22.8. The molecule has 168 valence electrons. The van der Waals surface area contributed by atoms with Crippen molar-refractivity contribution >= 4 is 34.4 Å². The Kier molecular flexibility index (Phi) is 6.45. The summed E-state index contributed by atoms with van der Waals surface area (Å²) in [5, 5.41) is 19.3. The lowest BCUT2D eigenvalue weighted by molar-refractivity contribution is 0.0897. The van der Waals surface area contributed by atoms with Crippen molar-refractivity contribution in [2.75, 3.05) is 5.32 Å². The molecule has 0 spiro atoms. The van der Waals surface area contributed by atoms with E-state index in [0.717, 1.165) is 28.2 Å². The highest BCUT2D eigenvalue weighted by Crippen LogP contribution is 2.40. The number of rotatable bonds is 7. The molecule has 0 saturated heterocycles. The molecule has 1 fully saturated rings. The van der Waals surface area contributed by atoms with E-state index in [9.17, 15) is 5.11 Å². The van der Waals surface area contributed by atoms with Gasteiger partial charge in [0.1, 0.15) is 5.60 Å². The van der Waals surface area contributed by atoms with Gasteiger partial charge in [-0.1, -0.05) is 25.2 Å². The van der Waals surface area contributed by atoms with Gasteiger partial charge in [0, 0.05) is 23.3 Å². The Labute approximate surface area is 194 Å². The van der Waals surface area contributed by atoms with Crippen molar-refractivity contribution in [2.45, 2.75) is 74.7 Å². The molecule has 32 heavy (non-hydrogen) atoms. The number of aliphatic hydroxyl groups is 1. The fraction of sp³-hybridized carbons (Fsp3) is 0.480. The fourth-order valence-corrected chi connectivity index (χ4v) is 5.10. The number of nitrogens with zero attached hydrogens (tertiary/aromatic N) is 4. The lowest BCUT2D eigenvalue weighted by atomic mass is 9.89. The standard InChI is InChI=1S/C25H31N5OS/c1-5-25(4,31)24(2,3)32-21-13-11-20(12-14-21)28-23-26-15-19-16-27-30(22(19)29-23)17-18-9-7-6-8-10-18/h1,11-16,18,31H,6-10,17H2,2-4H3,(H,26,28,29). The maximum absolute atomic E-state index is 10.5. The van der Waals surface area contributed by atoms with Gasteiger partial charge in [0.05, 0.1) is 16.3 Å². The smallest absolute Gasteiger partial charge is 0.229 e. The van der Waals surface area contributed by atoms with E-state index in [1.165, 1.54) is 32.1 Å². The summed E-state index contributed by atoms with van der Waals surface area (Å²) in [5.74, 6) is 3.72. The number of fused-ring (bicyclic) bond motifs is 1. The highest BCUT2D eigenvalue weighted by atomic mass is 32.2. The van der Waals surface area contributed by atoms with Crippen molar-refractivity contribution in [1.29, 1.82) is 0 Å². The molecule has 2 N–H and O–H groups in total. The minimum absolute atomic E-state index is 0.526. The molecule has 1 atom stereocenters. The molecule has 2 aromatic heterocycles. The molecule has 0 amide bonds. The Hall–Kier alpha value is -2.56. The van der Waals surface area contributed by atoms with Crippen LogP contribution < -0.4 is 5.32 Å². The molecule has 1 aromatic carbocycles. The van der Waals surface area contributed by atoms with Gasteiger partial charge in [-0.3, -0.25) is 0 Å². The Morgan fingerprint density at radius 3 is 2.56 bits per heavy atom. The van der Waals surface area contributed by atoms with Crippen molar-refractivity contribution in [1.82, 2.24) is 19.7 Å². The third-order valence-corrected chi connectivity index (χ3v) is 7.89. The summed E-state index contributed by atoms with van der Waals surface area (Å²) in [5.41, 5.74) is 0.561. The van der Waals surface area contributed by atoms with Crippen molar-refractivity contribution in [2.24, 2.45) is 5.92 Å². The predicted octanol–water partition coefficient (Wildman–Crippen LogP) is 5.41. The minimum Gasteiger partial charge on any atom is -0.376 e. The first-order valence-electron chi connectivity index (χ1n) is 11.2. The average molecular weight is 450 g/mol. The lowest BCUT2D eigenvalue weighted by Crippen LogP contribution is -2.43. The lowest BCUT2D eigenvalue weighted by Gasteiger charge is -2.35. The summed E-state index contributed by atoms with van der Waals surface area (Å²) in [6, 6.07) is 7.98. The van der Waals surface area contributed by atoms with Gasteiger partial charge in [-0.25, -0.2) is 9.67 Å². The first-order chi connectivity index (χ1) is 15.3. The molecule has 0 radical (unpaired) electrons. The largest absolute Gasteiger partial charge is 0.376 e. The highest BCUT2D eigenvalue weighted by molar-refractivity contribution is 8.00. The number of thioether (sulfide) groups is 1. The maximum Gasteiger partial charge on any atom is 0.229 e. The van der Waals surface area contributed by atoms with Crippen molar-refractivity contribution in [3.05, 3.63) is 36.7 Å². The van der Waals surface area contributed by atoms with Crippen LogP contribution in [-0.4, -0.2) is 35.2 Å². The van der Waals surface area contributed by atoms with Gasteiger partial charge in [-0.15, -0.1) is 18.2 Å². The van der Waals surface area contributed by atoms with Crippen LogP contribution in [0.5, 0.6) is 0 Å². The van der Waals surface area contributed by atoms with Crippen LogP contribution in [0.1, 0.15) is 52.9 Å². The van der Waals surface area contributed by atoms with Gasteiger partial charge in [0.2, 0.25) is 5.95 Å². The number of aromatic nitrogens is 4. The van der Waals surface area contributed by atoms with Crippen LogP contribution in [0.25, 0.3) is 11.0 Å². The molecule has 1 saturated carbocycles. The number of terminal acetylenes is 1. The SMILES string of the molecule is C#CC(C)(O)C(C)(C)Sc1ccc(Nc2ncc3cnn(CC4CCCCC4)c3n2)cc1. The van der Waals surface area contributed by atoms with Crippen LogP contribution in [-0.2, 0) is 6.54 Å². The van der Waals surface area contributed by atoms with Gasteiger partial charge < -0.3 is 10.4 Å². The second-order valence-electron chi connectivity index (χ2n) is 9.28. The summed E-state index contributed by atoms with van der Waals surface area (Å²) in [4.78, 5) is 10.2. The van der Waals surface area contributed by atoms with E-state index in [4.69, 9.17) is 11.4 Å². The van der Waals surface area contributed by atoms with Crippen molar-refractivity contribution in [3.63, 3.8) is 0 Å². The number of hydrogen-bond acceptors (Lipinski definition) is 6. The maximum atomic E-state index is 10.5. The molecule has 4 rings (SSSR count). The van der Waals surface area contributed by atoms with Crippen LogP contribution in [0.15, 0.2) is 41.6 Å². The minimum atomic E-state index is -1.21. The summed E-state index contributed by atoms with van der Waals surface area (Å²) in [6.45, 7) is 6.48. The zero-order valence-corrected chi connectivity index (χ0v) is 19.8. The monoisotopic (exact) mass is 449 g/mol. The zero-order valence-electron chi connectivity index (χ0n) is 19.0. The third-order valence-electron chi connectivity index (χ3n) is 6.47. The summed E-state index contributed by atoms with van der Waals surface area (Å²) in [7, 11) is 0. The van der Waals surface area contributed by atoms with Gasteiger partial charge in [-0.2, -0.15) is 10.1 Å². The van der Waals surface area contributed by atoms with Gasteiger partial charge >= 0.3 is 0 Å². The predicted molar refractivity (Wildman–Crippen MR) is 131 cm³/mol. The second kappa shape index (κ2) is 9.13. The number of nitrogens with one attached hydrogen (secondary N) is 1. The highest BCUT2D eigenvalue weighted by Gasteiger charge is 2.38. The number of hydrogen-bond donors (Lipinski definition) is 2. The third kappa shape index (κ3) is 4.92. The van der Waals surface area contributed by atoms with E-state index in [0.29, 0.717) is 11.9 Å². The first kappa shape index (κ1) is 22.6. The Morgan fingerprint density at radius 2 is 1.88 bits per heavy atom. The van der Waals surface area contributed by atoms with Gasteiger partial charge in [0.25, 0.3) is 0 Å². The van der Waals surface area contributed by atoms with E-state index in [1.54, 1.807) is 18.7 Å². The number of benzene rings is 1. The molecule has 1 unspecified atom stereocenters. The molecular weight excluding hydrogens is 418 g/mol. The average Bonchev–Trinajstić information content (AvgIpc) is 3.17. The van der Waals surface area contributed by atoms with Crippen molar-refractivity contribution in [3.8, 4) is 12.3 Å². The van der Waals surface area contributed by atoms with Crippen LogP contribution in [0.4, 0.5) is 11.6 Å². The van der Waals surface area contributed by atoms with E-state index in [-0.39, 0.29) is 0 Å². The van der Waals surface area contributed by atoms with E-state index in [1.807, 2.05) is 55.2 Å². The van der Waals surface area contributed by atoms with Gasteiger partial charge in [-0.05, 0) is 63.8 Å². The Balaban J connectivity index is 1.46. The quantitative estimate of drug-likeness (QED) is 0.371. The van der Waals surface area contributed by atoms with Crippen LogP contribution in [0.3, 0.4) is 0 Å². The molecule has 1 aliphatic carbocycles. The molecule has 1 aliphatic rings. The van der Waals surface area contributed by atoms with Crippen LogP contribution >= 0.6 is 11.8 Å². The van der Waals surface area contributed by atoms with Crippen LogP contribution in [0.2, 0.25) is 0 Å². The van der Waals surface area contributed by atoms with Crippen LogP contribution in [0, 0.1) is 18.3 Å². The molecular formula is C25H31N5OS. The Bertz CT molecular complexity index is 1110. The molecule has 7 heteroatoms. The molecule has 0 bridgehead atoms. The van der Waals surface area contributed by atoms with E-state index >= 15 is 0 Å². The second-order valence-corrected chi connectivity index (χ2v) is 11.0.